The summed E-state index contributed by atoms with van der Waals surface area (Å²) in [6, 6.07) is 16.7. The fourth-order valence-corrected chi connectivity index (χ4v) is 3.58. The van der Waals surface area contributed by atoms with Gasteiger partial charge in [-0.25, -0.2) is 4.79 Å². The third kappa shape index (κ3) is 3.89. The number of aromatic carboxylic acids is 1. The van der Waals surface area contributed by atoms with Crippen molar-refractivity contribution in [1.82, 2.24) is 4.57 Å². The lowest BCUT2D eigenvalue weighted by Crippen LogP contribution is -2.03. The first-order chi connectivity index (χ1) is 13.3. The molecule has 2 aromatic carbocycles. The van der Waals surface area contributed by atoms with Gasteiger partial charge in [0, 0.05) is 21.5 Å². The Balaban J connectivity index is 2.10. The molecule has 0 fully saturated rings. The number of nitriles is 1. The Hall–Kier alpha value is -2.81. The number of allylic oxidation sites excluding steroid dienone is 1. The highest BCUT2D eigenvalue weighted by atomic mass is 79.9. The van der Waals surface area contributed by atoms with Gasteiger partial charge in [0.2, 0.25) is 0 Å². The van der Waals surface area contributed by atoms with Gasteiger partial charge in [-0.1, -0.05) is 39.7 Å². The molecule has 3 aromatic rings. The molecule has 4 nitrogen and oxygen atoms in total. The maximum atomic E-state index is 11.4. The van der Waals surface area contributed by atoms with E-state index >= 15 is 0 Å². The first-order valence-corrected chi connectivity index (χ1v) is 9.59. The number of hydrogen-bond acceptors (Lipinski definition) is 2. The molecule has 1 aromatic heterocycles. The number of benzene rings is 2. The standard InChI is InChI=1S/C22H16BrClN2O2/c1-13-9-16(10-17(12-25)15-3-5-18(23)6-4-15)14(2)26(13)19-7-8-21(24)20(11-19)22(27)28/h3-11H,1-2H3,(H,27,28)/b17-10-. The normalized spacial score (nSPS) is 11.3. The minimum atomic E-state index is -1.07. The monoisotopic (exact) mass is 454 g/mol. The predicted molar refractivity (Wildman–Crippen MR) is 115 cm³/mol. The zero-order valence-corrected chi connectivity index (χ0v) is 17.5. The molecule has 0 amide bonds. The van der Waals surface area contributed by atoms with Gasteiger partial charge in [0.25, 0.3) is 0 Å². The number of nitrogens with zero attached hydrogens (tertiary/aromatic N) is 2. The van der Waals surface area contributed by atoms with E-state index in [0.29, 0.717) is 11.3 Å². The lowest BCUT2D eigenvalue weighted by Gasteiger charge is -2.11. The zero-order valence-electron chi connectivity index (χ0n) is 15.2. The SMILES string of the molecule is Cc1cc(/C=C(/C#N)c2ccc(Br)cc2)c(C)n1-c1ccc(Cl)c(C(=O)O)c1. The van der Waals surface area contributed by atoms with E-state index in [0.717, 1.165) is 27.0 Å². The van der Waals surface area contributed by atoms with Crippen LogP contribution in [0, 0.1) is 25.2 Å². The number of aromatic nitrogens is 1. The molecule has 0 unspecified atom stereocenters. The van der Waals surface area contributed by atoms with Crippen LogP contribution in [0.5, 0.6) is 0 Å². The van der Waals surface area contributed by atoms with Crippen LogP contribution in [-0.4, -0.2) is 15.6 Å². The molecule has 0 atom stereocenters. The van der Waals surface area contributed by atoms with Gasteiger partial charge in [0.1, 0.15) is 0 Å². The Morgan fingerprint density at radius 1 is 1.18 bits per heavy atom. The second-order valence-corrected chi connectivity index (χ2v) is 7.63. The molecule has 0 bridgehead atoms. The van der Waals surface area contributed by atoms with Crippen molar-refractivity contribution in [2.75, 3.05) is 0 Å². The average Bonchev–Trinajstić information content (AvgIpc) is 2.94. The van der Waals surface area contributed by atoms with E-state index in [2.05, 4.69) is 22.0 Å². The summed E-state index contributed by atoms with van der Waals surface area (Å²) in [6.07, 6.45) is 1.84. The van der Waals surface area contributed by atoms with Crippen molar-refractivity contribution in [3.8, 4) is 11.8 Å². The second kappa shape index (κ2) is 8.05. The van der Waals surface area contributed by atoms with Crippen molar-refractivity contribution < 1.29 is 9.90 Å². The van der Waals surface area contributed by atoms with Gasteiger partial charge in [-0.2, -0.15) is 5.26 Å². The van der Waals surface area contributed by atoms with E-state index in [4.69, 9.17) is 11.6 Å². The third-order valence-corrected chi connectivity index (χ3v) is 5.34. The Bertz CT molecular complexity index is 1140. The first kappa shape index (κ1) is 19.9. The molecule has 0 saturated carbocycles. The number of halogens is 2. The predicted octanol–water partition coefficient (Wildman–Crippen LogP) is 6.27. The number of carboxylic acids is 1. The number of carboxylic acid groups (broad SMARTS) is 1. The Morgan fingerprint density at radius 3 is 2.46 bits per heavy atom. The molecule has 0 spiro atoms. The highest BCUT2D eigenvalue weighted by Gasteiger charge is 2.14. The largest absolute Gasteiger partial charge is 0.478 e. The van der Waals surface area contributed by atoms with Gasteiger partial charge in [0.05, 0.1) is 22.2 Å². The van der Waals surface area contributed by atoms with Crippen LogP contribution in [0.2, 0.25) is 5.02 Å². The average molecular weight is 456 g/mol. The molecule has 140 valence electrons. The van der Waals surface area contributed by atoms with Crippen molar-refractivity contribution in [2.45, 2.75) is 13.8 Å². The molecule has 0 saturated heterocycles. The summed E-state index contributed by atoms with van der Waals surface area (Å²) in [7, 11) is 0. The van der Waals surface area contributed by atoms with Gasteiger partial charge < -0.3 is 9.67 Å². The molecule has 6 heteroatoms. The lowest BCUT2D eigenvalue weighted by molar-refractivity contribution is 0.0697. The van der Waals surface area contributed by atoms with Gasteiger partial charge in [-0.3, -0.25) is 0 Å². The highest BCUT2D eigenvalue weighted by Crippen LogP contribution is 2.28. The fraction of sp³-hybridized carbons (Fsp3) is 0.0909. The summed E-state index contributed by atoms with van der Waals surface area (Å²) in [5, 5.41) is 19.1. The highest BCUT2D eigenvalue weighted by molar-refractivity contribution is 9.10. The molecular weight excluding hydrogens is 440 g/mol. The van der Waals surface area contributed by atoms with Crippen molar-refractivity contribution in [3.05, 3.63) is 86.1 Å². The van der Waals surface area contributed by atoms with Gasteiger partial charge in [0.15, 0.2) is 0 Å². The summed E-state index contributed by atoms with van der Waals surface area (Å²) < 4.78 is 2.90. The summed E-state index contributed by atoms with van der Waals surface area (Å²) in [5.41, 5.74) is 4.86. The Morgan fingerprint density at radius 2 is 1.86 bits per heavy atom. The molecule has 28 heavy (non-hydrogen) atoms. The van der Waals surface area contributed by atoms with Crippen molar-refractivity contribution in [3.63, 3.8) is 0 Å². The summed E-state index contributed by atoms with van der Waals surface area (Å²) in [5.74, 6) is -1.07. The molecular formula is C22H16BrClN2O2. The van der Waals surface area contributed by atoms with Crippen LogP contribution in [0.25, 0.3) is 17.3 Å². The van der Waals surface area contributed by atoms with Crippen LogP contribution in [0.4, 0.5) is 0 Å². The van der Waals surface area contributed by atoms with E-state index in [-0.39, 0.29) is 10.6 Å². The smallest absolute Gasteiger partial charge is 0.337 e. The van der Waals surface area contributed by atoms with Crippen LogP contribution in [0.1, 0.15) is 32.9 Å². The van der Waals surface area contributed by atoms with Gasteiger partial charge in [-0.05, 0) is 67.4 Å². The van der Waals surface area contributed by atoms with Crippen LogP contribution >= 0.6 is 27.5 Å². The molecule has 0 radical (unpaired) electrons. The summed E-state index contributed by atoms with van der Waals surface area (Å²) >= 11 is 9.39. The number of carbonyl (C=O) groups is 1. The zero-order chi connectivity index (χ0) is 20.4. The van der Waals surface area contributed by atoms with Crippen molar-refractivity contribution in [1.29, 1.82) is 5.26 Å². The van der Waals surface area contributed by atoms with Gasteiger partial charge >= 0.3 is 5.97 Å². The van der Waals surface area contributed by atoms with Gasteiger partial charge in [-0.15, -0.1) is 0 Å². The fourth-order valence-electron chi connectivity index (χ4n) is 3.11. The summed E-state index contributed by atoms with van der Waals surface area (Å²) in [6.45, 7) is 3.87. The van der Waals surface area contributed by atoms with Crippen molar-refractivity contribution in [2.24, 2.45) is 0 Å². The van der Waals surface area contributed by atoms with Crippen LogP contribution in [0.3, 0.4) is 0 Å². The van der Waals surface area contributed by atoms with E-state index in [1.54, 1.807) is 18.2 Å². The molecule has 1 heterocycles. The van der Waals surface area contributed by atoms with E-state index < -0.39 is 5.97 Å². The van der Waals surface area contributed by atoms with Crippen LogP contribution in [0.15, 0.2) is 53.0 Å². The lowest BCUT2D eigenvalue weighted by atomic mass is 10.0. The van der Waals surface area contributed by atoms with E-state index in [9.17, 15) is 15.2 Å². The quantitative estimate of drug-likeness (QED) is 0.471. The second-order valence-electron chi connectivity index (χ2n) is 6.31. The van der Waals surface area contributed by atoms with E-state index in [1.165, 1.54) is 0 Å². The topological polar surface area (TPSA) is 66.0 Å². The Kier molecular flexibility index (Phi) is 5.73. The summed E-state index contributed by atoms with van der Waals surface area (Å²) in [4.78, 5) is 11.4. The molecule has 0 aliphatic rings. The van der Waals surface area contributed by atoms with Crippen LogP contribution in [-0.2, 0) is 0 Å². The Labute approximate surface area is 176 Å². The first-order valence-electron chi connectivity index (χ1n) is 8.41. The minimum Gasteiger partial charge on any atom is -0.478 e. The maximum absolute atomic E-state index is 11.4. The molecule has 0 aliphatic heterocycles. The third-order valence-electron chi connectivity index (χ3n) is 4.48. The maximum Gasteiger partial charge on any atom is 0.337 e. The molecule has 3 rings (SSSR count). The number of hydrogen-bond donors (Lipinski definition) is 1. The number of aryl methyl sites for hydroxylation is 1. The van der Waals surface area contributed by atoms with Crippen molar-refractivity contribution >= 4 is 45.1 Å². The molecule has 1 N–H and O–H groups in total. The molecule has 0 aliphatic carbocycles. The van der Waals surface area contributed by atoms with E-state index in [1.807, 2.05) is 54.8 Å². The number of rotatable bonds is 4. The van der Waals surface area contributed by atoms with Crippen LogP contribution < -0.4 is 0 Å². The minimum absolute atomic E-state index is 0.0522.